The fourth-order valence-corrected chi connectivity index (χ4v) is 9.28. The smallest absolute Gasteiger partial charge is 0.388 e. The SMILES string of the molecule is Cc1nc2c(F)c(-c3cccc(Cl)c3Cl)c(CCC#N)cc2c2c1cc([C@H]1C[C@H](Oc3ccnc(OC(F)F)c3)CN1C(=O)C1CC1)n2[C@H]1[C@H]2CN[C@@H]1C2. The molecular weight excluding hydrogens is 740 g/mol. The fourth-order valence-electron chi connectivity index (χ4n) is 8.88. The lowest BCUT2D eigenvalue weighted by molar-refractivity contribution is -0.133. The third kappa shape index (κ3) is 5.92. The maximum atomic E-state index is 17.2. The molecule has 1 amide bonds. The zero-order chi connectivity index (χ0) is 37.4. The first-order valence-electron chi connectivity index (χ1n) is 18.2. The highest BCUT2D eigenvalue weighted by Crippen LogP contribution is 2.51. The second-order valence-electron chi connectivity index (χ2n) is 14.7. The van der Waals surface area contributed by atoms with Gasteiger partial charge < -0.3 is 24.3 Å². The highest BCUT2D eigenvalue weighted by atomic mass is 35.5. The lowest BCUT2D eigenvalue weighted by atomic mass is 9.79. The fraction of sp³-hybridized carbons (Fsp3) is 0.400. The Hall–Kier alpha value is -4.57. The molecule has 2 aliphatic carbocycles. The Balaban J connectivity index is 1.22. The van der Waals surface area contributed by atoms with Gasteiger partial charge in [0.25, 0.3) is 0 Å². The van der Waals surface area contributed by atoms with Crippen LogP contribution in [0.3, 0.4) is 0 Å². The maximum Gasteiger partial charge on any atom is 0.388 e. The zero-order valence-electron chi connectivity index (χ0n) is 29.2. The number of nitriles is 1. The van der Waals surface area contributed by atoms with Crippen LogP contribution in [0.5, 0.6) is 11.6 Å². The predicted octanol–water partition coefficient (Wildman–Crippen LogP) is 8.73. The number of ether oxygens (including phenoxy) is 2. The summed E-state index contributed by atoms with van der Waals surface area (Å²) in [6, 6.07) is 14.1. The average Bonchev–Trinajstić information content (AvgIpc) is 3.42. The Bertz CT molecular complexity index is 2370. The van der Waals surface area contributed by atoms with E-state index in [1.165, 1.54) is 12.3 Å². The molecule has 9 nitrogen and oxygen atoms in total. The van der Waals surface area contributed by atoms with Gasteiger partial charge in [-0.15, -0.1) is 0 Å². The van der Waals surface area contributed by atoms with E-state index in [-0.39, 0.29) is 64.8 Å². The molecule has 3 saturated heterocycles. The third-order valence-corrected chi connectivity index (χ3v) is 12.3. The molecule has 2 saturated carbocycles. The van der Waals surface area contributed by atoms with Crippen LogP contribution in [0.1, 0.15) is 61.1 Å². The summed E-state index contributed by atoms with van der Waals surface area (Å²) in [5.74, 6) is -0.142. The number of hydrogen-bond acceptors (Lipinski definition) is 7. The van der Waals surface area contributed by atoms with Crippen LogP contribution in [0.2, 0.25) is 10.0 Å². The topological polar surface area (TPSA) is 105 Å². The molecule has 54 heavy (non-hydrogen) atoms. The summed E-state index contributed by atoms with van der Waals surface area (Å²) in [5.41, 5.74) is 3.91. The van der Waals surface area contributed by atoms with Crippen LogP contribution in [0.4, 0.5) is 13.2 Å². The molecule has 3 aromatic heterocycles. The highest BCUT2D eigenvalue weighted by molar-refractivity contribution is 6.43. The number of amides is 1. The van der Waals surface area contributed by atoms with Crippen molar-refractivity contribution in [3.05, 3.63) is 81.5 Å². The normalized spacial score (nSPS) is 23.3. The van der Waals surface area contributed by atoms with E-state index in [9.17, 15) is 18.8 Å². The lowest BCUT2D eigenvalue weighted by Gasteiger charge is -2.39. The van der Waals surface area contributed by atoms with Gasteiger partial charge in [-0.05, 0) is 68.4 Å². The Morgan fingerprint density at radius 1 is 1.15 bits per heavy atom. The number of hydrogen-bond donors (Lipinski definition) is 1. The van der Waals surface area contributed by atoms with E-state index in [4.69, 9.17) is 32.9 Å². The minimum absolute atomic E-state index is 0.0571. The van der Waals surface area contributed by atoms with Crippen LogP contribution in [-0.2, 0) is 11.2 Å². The van der Waals surface area contributed by atoms with E-state index in [1.54, 1.807) is 24.3 Å². The number of carbonyl (C=O) groups is 1. The molecule has 5 aromatic rings. The number of benzene rings is 2. The molecule has 6 heterocycles. The largest absolute Gasteiger partial charge is 0.488 e. The van der Waals surface area contributed by atoms with Crippen molar-refractivity contribution in [3.63, 3.8) is 0 Å². The minimum Gasteiger partial charge on any atom is -0.488 e. The number of fused-ring (bicyclic) bond motifs is 4. The van der Waals surface area contributed by atoms with Crippen molar-refractivity contribution in [1.29, 1.82) is 5.26 Å². The van der Waals surface area contributed by atoms with Crippen LogP contribution >= 0.6 is 23.2 Å². The molecule has 3 aliphatic heterocycles. The highest BCUT2D eigenvalue weighted by Gasteiger charge is 2.51. The number of aryl methyl sites for hydroxylation is 2. The number of aromatic nitrogens is 3. The van der Waals surface area contributed by atoms with Crippen molar-refractivity contribution in [2.75, 3.05) is 13.1 Å². The van der Waals surface area contributed by atoms with Crippen molar-refractivity contribution in [2.24, 2.45) is 11.8 Å². The van der Waals surface area contributed by atoms with E-state index < -0.39 is 18.5 Å². The molecular formula is C40H35Cl2F3N6O3. The Morgan fingerprint density at radius 2 is 1.98 bits per heavy atom. The molecule has 5 fully saturated rings. The number of carbonyl (C=O) groups excluding carboxylic acids is 1. The standard InChI is InChI=1S/C40H35Cl2F3N6O3/c1-19-26-16-31(30-14-24(18-50(30)39(52)20-7-8-20)53-23-9-11-47-32(15-23)54-40(44)45)51(37-22-13-29(37)48-17-22)38(26)27-12-21(4-3-10-46)33(35(43)36(27)49-19)25-5-2-6-28(41)34(25)42/h2,5-6,9,11-12,15-16,20,22,24,29-30,37,40,48H,3-4,7-8,13-14,17-18H2,1H3/t22-,24+,29-,30-,37+/m1/s1. The summed E-state index contributed by atoms with van der Waals surface area (Å²) < 4.78 is 56.3. The number of nitrogens with one attached hydrogen (secondary N) is 1. The van der Waals surface area contributed by atoms with E-state index >= 15 is 4.39 Å². The number of likely N-dealkylation sites (tertiary alicyclic amines) is 1. The van der Waals surface area contributed by atoms with Crippen molar-refractivity contribution >= 4 is 50.9 Å². The number of pyridine rings is 2. The van der Waals surface area contributed by atoms with Crippen LogP contribution in [0.25, 0.3) is 32.9 Å². The van der Waals surface area contributed by atoms with Crippen molar-refractivity contribution in [2.45, 2.75) is 76.3 Å². The molecule has 1 N–H and O–H groups in total. The van der Waals surface area contributed by atoms with E-state index in [0.717, 1.165) is 42.4 Å². The molecule has 5 aliphatic rings. The van der Waals surface area contributed by atoms with E-state index in [2.05, 4.69) is 31.7 Å². The van der Waals surface area contributed by atoms with Gasteiger partial charge in [-0.2, -0.15) is 14.0 Å². The monoisotopic (exact) mass is 774 g/mol. The van der Waals surface area contributed by atoms with Crippen LogP contribution in [0.15, 0.2) is 48.7 Å². The Labute approximate surface area is 319 Å². The molecule has 0 spiro atoms. The lowest BCUT2D eigenvalue weighted by Crippen LogP contribution is -2.41. The molecule has 14 heteroatoms. The van der Waals surface area contributed by atoms with Gasteiger partial charge in [0.2, 0.25) is 11.8 Å². The molecule has 2 bridgehead atoms. The first kappa shape index (κ1) is 35.2. The van der Waals surface area contributed by atoms with E-state index in [0.29, 0.717) is 51.9 Å². The quantitative estimate of drug-likeness (QED) is 0.151. The molecule has 5 atom stereocenters. The van der Waals surface area contributed by atoms with Gasteiger partial charge in [-0.25, -0.2) is 14.4 Å². The van der Waals surface area contributed by atoms with Crippen LogP contribution < -0.4 is 14.8 Å². The maximum absolute atomic E-state index is 17.2. The van der Waals surface area contributed by atoms with Gasteiger partial charge in [0, 0.05) is 76.9 Å². The Kier molecular flexibility index (Phi) is 8.87. The van der Waals surface area contributed by atoms with Crippen LogP contribution in [0, 0.1) is 35.9 Å². The first-order valence-corrected chi connectivity index (χ1v) is 19.0. The first-order chi connectivity index (χ1) is 26.1. The average molecular weight is 776 g/mol. The van der Waals surface area contributed by atoms with Gasteiger partial charge in [0.1, 0.15) is 17.4 Å². The molecule has 278 valence electrons. The number of rotatable bonds is 10. The van der Waals surface area contributed by atoms with Gasteiger partial charge in [-0.3, -0.25) is 4.79 Å². The summed E-state index contributed by atoms with van der Waals surface area (Å²) in [6.07, 6.45) is 4.45. The second-order valence-corrected chi connectivity index (χ2v) is 15.5. The molecule has 0 radical (unpaired) electrons. The van der Waals surface area contributed by atoms with Crippen LogP contribution in [-0.4, -0.2) is 57.2 Å². The predicted molar refractivity (Wildman–Crippen MR) is 197 cm³/mol. The number of nitrogens with zero attached hydrogens (tertiary/aromatic N) is 5. The summed E-state index contributed by atoms with van der Waals surface area (Å²) in [6.45, 7) is -0.00439. The van der Waals surface area contributed by atoms with Gasteiger partial charge >= 0.3 is 6.61 Å². The summed E-state index contributed by atoms with van der Waals surface area (Å²) in [4.78, 5) is 24.6. The van der Waals surface area contributed by atoms with Gasteiger partial charge in [0.15, 0.2) is 5.82 Å². The van der Waals surface area contributed by atoms with Crippen molar-refractivity contribution in [1.82, 2.24) is 24.8 Å². The molecule has 0 unspecified atom stereocenters. The summed E-state index contributed by atoms with van der Waals surface area (Å²) in [7, 11) is 0. The van der Waals surface area contributed by atoms with Gasteiger partial charge in [0.05, 0.1) is 40.3 Å². The van der Waals surface area contributed by atoms with Gasteiger partial charge in [-0.1, -0.05) is 35.3 Å². The Morgan fingerprint density at radius 3 is 2.70 bits per heavy atom. The molecule has 10 rings (SSSR count). The second kappa shape index (κ2) is 13.6. The summed E-state index contributed by atoms with van der Waals surface area (Å²) in [5, 5.41) is 15.2. The zero-order valence-corrected chi connectivity index (χ0v) is 30.7. The summed E-state index contributed by atoms with van der Waals surface area (Å²) >= 11 is 13.1. The van der Waals surface area contributed by atoms with Crippen molar-refractivity contribution in [3.8, 4) is 28.8 Å². The third-order valence-electron chi connectivity index (χ3n) is 11.5. The number of halogens is 5. The number of alkyl halides is 2. The molecule has 2 aromatic carbocycles. The minimum atomic E-state index is -3.03. The van der Waals surface area contributed by atoms with E-state index in [1.807, 2.05) is 17.9 Å². The van der Waals surface area contributed by atoms with Crippen molar-refractivity contribution < 1.29 is 27.4 Å².